The van der Waals surface area contributed by atoms with Crippen LogP contribution in [0.3, 0.4) is 0 Å². The summed E-state index contributed by atoms with van der Waals surface area (Å²) in [6, 6.07) is 0. The number of carbonyl (C=O) groups excluding carboxylic acids is 3. The topological polar surface area (TPSA) is 175 Å². The van der Waals surface area contributed by atoms with Gasteiger partial charge in [-0.2, -0.15) is 0 Å². The third-order valence-corrected chi connectivity index (χ3v) is 13.6. The van der Waals surface area contributed by atoms with E-state index in [1.54, 1.807) is 0 Å². The smallest absolute Gasteiger partial charge is 0.335 e. The molecule has 0 aromatic heterocycles. The first-order valence-corrected chi connectivity index (χ1v) is 32.5. The third kappa shape index (κ3) is 48.2. The van der Waals surface area contributed by atoms with Gasteiger partial charge in [-0.05, 0) is 135 Å². The van der Waals surface area contributed by atoms with Gasteiger partial charge < -0.3 is 39.0 Å². The standard InChI is InChI=1S/C73H112O12/c1-4-7-10-13-16-19-22-25-28-31-33-36-38-41-44-47-50-53-56-59-65(74)81-62-64(83-66(75)60-57-54-51-48-45-42-39-35-30-27-24-21-18-15-12-9-6-3)63-82-73-71(69(78)68(77)70(85-73)72(79)80)84-67(76)61-58-55-52-49-46-43-40-37-34-32-29-26-23-20-17-14-11-8-5-2/h7-8,10-11,16-21,25-30,33-34,36-37,41,43-44,46,52,55,64,68-71,73,77-78H,4-6,9,12-15,22-24,31-32,35,38-40,42,45,47-51,53-54,56-63H2,1-3H3,(H,79,80)/b10-7-,11-8-,19-16-,20-17-,21-18-,28-25-,29-26-,30-27-,36-33-,37-34-,44-41-,46-43-,55-52-. The highest BCUT2D eigenvalue weighted by molar-refractivity contribution is 5.74. The molecule has 6 unspecified atom stereocenters. The zero-order valence-corrected chi connectivity index (χ0v) is 52.5. The van der Waals surface area contributed by atoms with Crippen molar-refractivity contribution in [1.29, 1.82) is 0 Å². The second-order valence-corrected chi connectivity index (χ2v) is 21.3. The highest BCUT2D eigenvalue weighted by Crippen LogP contribution is 2.26. The number of aliphatic hydroxyl groups is 2. The average Bonchev–Trinajstić information content (AvgIpc) is 2.79. The van der Waals surface area contributed by atoms with Gasteiger partial charge >= 0.3 is 23.9 Å². The minimum atomic E-state index is -1.94. The Morgan fingerprint density at radius 3 is 1.19 bits per heavy atom. The molecule has 1 heterocycles. The fraction of sp³-hybridized carbons (Fsp3) is 0.589. The molecule has 0 bridgehead atoms. The Labute approximate surface area is 514 Å². The fourth-order valence-corrected chi connectivity index (χ4v) is 8.68. The van der Waals surface area contributed by atoms with Crippen molar-refractivity contribution in [2.45, 2.75) is 263 Å². The SMILES string of the molecule is CC/C=C\C/C=C\C/C=C\C/C=C\C/C=C\C/C=C\CCC(=O)OC1C(OCC(COC(=O)CCCCC/C=C\C/C=C\C/C=C\C/C=C\C/C=C\CC)OC(=O)CCCCCCCCC/C=C\C/C=C\CCCCC)OC(C(=O)O)C(O)C1O. The molecular weight excluding hydrogens is 1070 g/mol. The van der Waals surface area contributed by atoms with Crippen molar-refractivity contribution < 1.29 is 58.2 Å². The van der Waals surface area contributed by atoms with Crippen LogP contribution in [0.5, 0.6) is 0 Å². The largest absolute Gasteiger partial charge is 0.479 e. The van der Waals surface area contributed by atoms with E-state index in [0.717, 1.165) is 141 Å². The summed E-state index contributed by atoms with van der Waals surface area (Å²) in [6.07, 6.45) is 73.5. The normalized spacial score (nSPS) is 18.5. The Kier molecular flexibility index (Phi) is 53.4. The summed E-state index contributed by atoms with van der Waals surface area (Å²) in [7, 11) is 0. The first kappa shape index (κ1) is 77.4. The lowest BCUT2D eigenvalue weighted by atomic mass is 9.98. The summed E-state index contributed by atoms with van der Waals surface area (Å²) >= 11 is 0. The molecule has 85 heavy (non-hydrogen) atoms. The van der Waals surface area contributed by atoms with E-state index in [1.807, 2.05) is 18.2 Å². The van der Waals surface area contributed by atoms with Crippen molar-refractivity contribution in [1.82, 2.24) is 0 Å². The van der Waals surface area contributed by atoms with Crippen molar-refractivity contribution in [3.8, 4) is 0 Å². The van der Waals surface area contributed by atoms with Gasteiger partial charge in [-0.3, -0.25) is 14.4 Å². The molecule has 1 rings (SSSR count). The molecule has 1 saturated heterocycles. The molecule has 6 atom stereocenters. The number of hydrogen-bond donors (Lipinski definition) is 3. The Morgan fingerprint density at radius 1 is 0.400 bits per heavy atom. The van der Waals surface area contributed by atoms with E-state index in [0.29, 0.717) is 25.7 Å². The van der Waals surface area contributed by atoms with Gasteiger partial charge in [0.2, 0.25) is 0 Å². The monoisotopic (exact) mass is 1180 g/mol. The van der Waals surface area contributed by atoms with Gasteiger partial charge in [0.1, 0.15) is 18.8 Å². The molecule has 1 aliphatic rings. The zero-order valence-electron chi connectivity index (χ0n) is 52.5. The van der Waals surface area contributed by atoms with Crippen LogP contribution in [0, 0.1) is 0 Å². The maximum atomic E-state index is 13.2. The molecule has 12 nitrogen and oxygen atoms in total. The zero-order chi connectivity index (χ0) is 61.7. The van der Waals surface area contributed by atoms with Crippen molar-refractivity contribution in [3.63, 3.8) is 0 Å². The van der Waals surface area contributed by atoms with E-state index < -0.39 is 67.3 Å². The van der Waals surface area contributed by atoms with E-state index in [2.05, 4.69) is 161 Å². The number of ether oxygens (including phenoxy) is 5. The fourth-order valence-electron chi connectivity index (χ4n) is 8.68. The molecule has 0 aliphatic carbocycles. The molecule has 1 aliphatic heterocycles. The van der Waals surface area contributed by atoms with Crippen LogP contribution in [0.15, 0.2) is 158 Å². The number of aliphatic carboxylic acids is 1. The lowest BCUT2D eigenvalue weighted by Gasteiger charge is -2.40. The first-order valence-electron chi connectivity index (χ1n) is 32.5. The van der Waals surface area contributed by atoms with Gasteiger partial charge in [0, 0.05) is 19.3 Å². The highest BCUT2D eigenvalue weighted by Gasteiger charge is 2.50. The number of esters is 3. The second-order valence-electron chi connectivity index (χ2n) is 21.3. The predicted octanol–water partition coefficient (Wildman–Crippen LogP) is 17.7. The number of allylic oxidation sites excluding steroid dienone is 26. The molecule has 0 amide bonds. The van der Waals surface area contributed by atoms with Crippen LogP contribution >= 0.6 is 0 Å². The Balaban J connectivity index is 2.75. The van der Waals surface area contributed by atoms with Gasteiger partial charge in [-0.1, -0.05) is 230 Å². The van der Waals surface area contributed by atoms with Crippen LogP contribution in [0.2, 0.25) is 0 Å². The number of carbonyl (C=O) groups is 4. The van der Waals surface area contributed by atoms with E-state index in [9.17, 15) is 34.5 Å². The number of carboxylic acids is 1. The third-order valence-electron chi connectivity index (χ3n) is 13.6. The van der Waals surface area contributed by atoms with Crippen LogP contribution in [0.25, 0.3) is 0 Å². The van der Waals surface area contributed by atoms with Crippen LogP contribution in [0.1, 0.15) is 226 Å². The Morgan fingerprint density at radius 2 is 0.765 bits per heavy atom. The summed E-state index contributed by atoms with van der Waals surface area (Å²) in [6.45, 7) is 5.68. The first-order chi connectivity index (χ1) is 41.6. The van der Waals surface area contributed by atoms with Gasteiger partial charge in [0.15, 0.2) is 24.6 Å². The highest BCUT2D eigenvalue weighted by atomic mass is 16.7. The van der Waals surface area contributed by atoms with E-state index in [1.165, 1.54) is 19.3 Å². The lowest BCUT2D eigenvalue weighted by Crippen LogP contribution is -2.61. The molecule has 3 N–H and O–H groups in total. The summed E-state index contributed by atoms with van der Waals surface area (Å²) in [5, 5.41) is 31.6. The van der Waals surface area contributed by atoms with Crippen LogP contribution in [0.4, 0.5) is 0 Å². The summed E-state index contributed by atoms with van der Waals surface area (Å²) in [4.78, 5) is 51.3. The molecule has 1 fully saturated rings. The minimum Gasteiger partial charge on any atom is -0.479 e. The van der Waals surface area contributed by atoms with Crippen LogP contribution in [-0.4, -0.2) is 89.2 Å². The van der Waals surface area contributed by atoms with E-state index in [4.69, 9.17) is 23.7 Å². The van der Waals surface area contributed by atoms with Crippen LogP contribution < -0.4 is 0 Å². The molecule has 476 valence electrons. The van der Waals surface area contributed by atoms with Crippen molar-refractivity contribution in [2.75, 3.05) is 13.2 Å². The summed E-state index contributed by atoms with van der Waals surface area (Å²) in [5.41, 5.74) is 0. The maximum absolute atomic E-state index is 13.2. The average molecular weight is 1180 g/mol. The number of unbranched alkanes of at least 4 members (excludes halogenated alkanes) is 13. The van der Waals surface area contributed by atoms with Crippen molar-refractivity contribution >= 4 is 23.9 Å². The van der Waals surface area contributed by atoms with Gasteiger partial charge in [-0.15, -0.1) is 0 Å². The quantitative estimate of drug-likeness (QED) is 0.0228. The predicted molar refractivity (Wildman–Crippen MR) is 349 cm³/mol. The van der Waals surface area contributed by atoms with E-state index in [-0.39, 0.29) is 25.9 Å². The van der Waals surface area contributed by atoms with Crippen LogP contribution in [-0.2, 0) is 42.9 Å². The number of aliphatic hydroxyl groups excluding tert-OH is 2. The molecule has 0 saturated carbocycles. The lowest BCUT2D eigenvalue weighted by molar-refractivity contribution is -0.301. The summed E-state index contributed by atoms with van der Waals surface area (Å²) in [5.74, 6) is -3.31. The molecule has 0 aromatic rings. The molecular formula is C73H112O12. The van der Waals surface area contributed by atoms with Crippen molar-refractivity contribution in [2.24, 2.45) is 0 Å². The molecule has 0 spiro atoms. The molecule has 0 aromatic carbocycles. The molecule has 12 heteroatoms. The minimum absolute atomic E-state index is 0.0781. The second kappa shape index (κ2) is 58.7. The van der Waals surface area contributed by atoms with Gasteiger partial charge in [0.05, 0.1) is 6.61 Å². The summed E-state index contributed by atoms with van der Waals surface area (Å²) < 4.78 is 28.4. The number of hydrogen-bond acceptors (Lipinski definition) is 11. The van der Waals surface area contributed by atoms with Crippen molar-refractivity contribution in [3.05, 3.63) is 158 Å². The maximum Gasteiger partial charge on any atom is 0.335 e. The van der Waals surface area contributed by atoms with Gasteiger partial charge in [-0.25, -0.2) is 4.79 Å². The molecule has 0 radical (unpaired) electrons. The van der Waals surface area contributed by atoms with E-state index >= 15 is 0 Å². The van der Waals surface area contributed by atoms with Gasteiger partial charge in [0.25, 0.3) is 0 Å². The Hall–Kier alpha value is -5.66. The number of carboxylic acid groups (broad SMARTS) is 1. The number of rotatable bonds is 53. The Bertz CT molecular complexity index is 2080.